The zero-order valence-corrected chi connectivity index (χ0v) is 16.8. The Labute approximate surface area is 174 Å². The molecule has 3 heterocycles. The zero-order chi connectivity index (χ0) is 20.9. The second-order valence-electron chi connectivity index (χ2n) is 6.79. The predicted molar refractivity (Wildman–Crippen MR) is 120 cm³/mol. The lowest BCUT2D eigenvalue weighted by molar-refractivity contribution is 0.252. The predicted octanol–water partition coefficient (Wildman–Crippen LogP) is 4.89. The van der Waals surface area contributed by atoms with Gasteiger partial charge in [-0.2, -0.15) is 0 Å². The lowest BCUT2D eigenvalue weighted by atomic mass is 9.99. The van der Waals surface area contributed by atoms with Gasteiger partial charge in [0.2, 0.25) is 0 Å². The average Bonchev–Trinajstić information content (AvgIpc) is 2.74. The third-order valence-electron chi connectivity index (χ3n) is 4.62. The number of carbonyl (C=O) groups is 1. The second kappa shape index (κ2) is 8.57. The molecule has 0 saturated carbocycles. The van der Waals surface area contributed by atoms with Gasteiger partial charge in [0.1, 0.15) is 11.6 Å². The van der Waals surface area contributed by atoms with Gasteiger partial charge in [-0.05, 0) is 66.8 Å². The summed E-state index contributed by atoms with van der Waals surface area (Å²) in [6.07, 6.45) is 5.29. The maximum absolute atomic E-state index is 12.0. The molecule has 7 heteroatoms. The molecule has 3 aromatic heterocycles. The number of anilines is 3. The number of carbonyl (C=O) groups excluding carboxylic acids is 1. The normalized spacial score (nSPS) is 10.6. The van der Waals surface area contributed by atoms with E-state index in [2.05, 4.69) is 30.9 Å². The van der Waals surface area contributed by atoms with Gasteiger partial charge >= 0.3 is 6.03 Å². The molecular formula is C23H22N6O. The minimum atomic E-state index is -0.284. The van der Waals surface area contributed by atoms with Crippen LogP contribution in [0.15, 0.2) is 67.1 Å². The highest BCUT2D eigenvalue weighted by Gasteiger charge is 2.12. The summed E-state index contributed by atoms with van der Waals surface area (Å²) < 4.78 is 0. The molecular weight excluding hydrogens is 376 g/mol. The van der Waals surface area contributed by atoms with Crippen LogP contribution in [-0.4, -0.2) is 27.5 Å². The molecule has 0 saturated heterocycles. The van der Waals surface area contributed by atoms with Crippen molar-refractivity contribution in [3.05, 3.63) is 72.8 Å². The van der Waals surface area contributed by atoms with Crippen LogP contribution in [0.2, 0.25) is 0 Å². The molecule has 0 aliphatic heterocycles. The van der Waals surface area contributed by atoms with Gasteiger partial charge < -0.3 is 10.6 Å². The van der Waals surface area contributed by atoms with E-state index in [1.165, 1.54) is 0 Å². The van der Waals surface area contributed by atoms with Crippen molar-refractivity contribution in [3.63, 3.8) is 0 Å². The molecule has 0 unspecified atom stereocenters. The molecule has 0 atom stereocenters. The zero-order valence-electron chi connectivity index (χ0n) is 16.8. The lowest BCUT2D eigenvalue weighted by Gasteiger charge is -2.14. The maximum atomic E-state index is 12.0. The van der Waals surface area contributed by atoms with Crippen LogP contribution in [0, 0.1) is 6.92 Å². The van der Waals surface area contributed by atoms with E-state index in [-0.39, 0.29) is 6.03 Å². The summed E-state index contributed by atoms with van der Waals surface area (Å²) in [6.45, 7) is 4.36. The summed E-state index contributed by atoms with van der Waals surface area (Å²) in [4.78, 5) is 25.0. The summed E-state index contributed by atoms with van der Waals surface area (Å²) in [5.41, 5.74) is 3.88. The Morgan fingerprint density at radius 3 is 2.60 bits per heavy atom. The first kappa shape index (κ1) is 19.3. The first-order valence-corrected chi connectivity index (χ1v) is 9.72. The number of nitrogens with one attached hydrogen (secondary N) is 3. The van der Waals surface area contributed by atoms with Gasteiger partial charge in [-0.25, -0.2) is 14.8 Å². The van der Waals surface area contributed by atoms with Crippen LogP contribution >= 0.6 is 0 Å². The minimum Gasteiger partial charge on any atom is -0.340 e. The molecule has 4 rings (SSSR count). The monoisotopic (exact) mass is 398 g/mol. The van der Waals surface area contributed by atoms with E-state index < -0.39 is 0 Å². The number of hydrogen-bond acceptors (Lipinski definition) is 5. The van der Waals surface area contributed by atoms with Crippen LogP contribution in [0.25, 0.3) is 21.9 Å². The quantitative estimate of drug-likeness (QED) is 0.445. The SMILES string of the molecule is CCNC(=O)Nc1cc2c(-c3ccncc3)ccc(Nc3cccc(C)n3)c2cn1. The number of fused-ring (bicyclic) bond motifs is 1. The number of hydrogen-bond donors (Lipinski definition) is 3. The summed E-state index contributed by atoms with van der Waals surface area (Å²) in [6, 6.07) is 15.4. The van der Waals surface area contributed by atoms with Crippen molar-refractivity contribution in [1.29, 1.82) is 0 Å². The number of aromatic nitrogens is 3. The molecule has 3 N–H and O–H groups in total. The van der Waals surface area contributed by atoms with Crippen molar-refractivity contribution >= 4 is 34.1 Å². The Bertz CT molecular complexity index is 1190. The summed E-state index contributed by atoms with van der Waals surface area (Å²) in [5.74, 6) is 1.24. The van der Waals surface area contributed by atoms with Crippen molar-refractivity contribution in [1.82, 2.24) is 20.3 Å². The third-order valence-corrected chi connectivity index (χ3v) is 4.62. The Hall–Kier alpha value is -4.00. The Morgan fingerprint density at radius 2 is 1.83 bits per heavy atom. The molecule has 150 valence electrons. The number of benzene rings is 1. The fraction of sp³-hybridized carbons (Fsp3) is 0.130. The van der Waals surface area contributed by atoms with Crippen molar-refractivity contribution in [2.75, 3.05) is 17.2 Å². The average molecular weight is 398 g/mol. The largest absolute Gasteiger partial charge is 0.340 e. The van der Waals surface area contributed by atoms with Gasteiger partial charge in [0.15, 0.2) is 0 Å². The number of nitrogens with zero attached hydrogens (tertiary/aromatic N) is 3. The van der Waals surface area contributed by atoms with E-state index in [1.807, 2.05) is 62.4 Å². The third kappa shape index (κ3) is 4.20. The fourth-order valence-corrected chi connectivity index (χ4v) is 3.27. The van der Waals surface area contributed by atoms with Crippen molar-refractivity contribution in [3.8, 4) is 11.1 Å². The Kier molecular flexibility index (Phi) is 5.52. The number of aryl methyl sites for hydroxylation is 1. The number of urea groups is 1. The van der Waals surface area contributed by atoms with Gasteiger partial charge in [-0.1, -0.05) is 12.1 Å². The molecule has 30 heavy (non-hydrogen) atoms. The van der Waals surface area contributed by atoms with Crippen LogP contribution < -0.4 is 16.0 Å². The van der Waals surface area contributed by atoms with E-state index >= 15 is 0 Å². The highest BCUT2D eigenvalue weighted by molar-refractivity contribution is 6.05. The molecule has 2 amide bonds. The summed E-state index contributed by atoms with van der Waals surface area (Å²) in [5, 5.41) is 10.8. The first-order valence-electron chi connectivity index (χ1n) is 9.72. The smallest absolute Gasteiger partial charge is 0.320 e. The van der Waals surface area contributed by atoms with Crippen LogP contribution in [0.3, 0.4) is 0 Å². The van der Waals surface area contributed by atoms with Crippen molar-refractivity contribution in [2.24, 2.45) is 0 Å². The molecule has 4 aromatic rings. The molecule has 0 aliphatic carbocycles. The molecule has 0 aliphatic rings. The highest BCUT2D eigenvalue weighted by Crippen LogP contribution is 2.35. The van der Waals surface area contributed by atoms with E-state index in [0.29, 0.717) is 12.4 Å². The molecule has 1 aromatic carbocycles. The van der Waals surface area contributed by atoms with Gasteiger partial charge in [0.05, 0.1) is 0 Å². The fourth-order valence-electron chi connectivity index (χ4n) is 3.27. The van der Waals surface area contributed by atoms with Gasteiger partial charge in [0.25, 0.3) is 0 Å². The molecule has 0 fully saturated rings. The molecule has 7 nitrogen and oxygen atoms in total. The number of rotatable bonds is 5. The second-order valence-corrected chi connectivity index (χ2v) is 6.79. The summed E-state index contributed by atoms with van der Waals surface area (Å²) in [7, 11) is 0. The van der Waals surface area contributed by atoms with Crippen LogP contribution in [0.4, 0.5) is 22.1 Å². The van der Waals surface area contributed by atoms with E-state index in [1.54, 1.807) is 18.6 Å². The lowest BCUT2D eigenvalue weighted by Crippen LogP contribution is -2.28. The van der Waals surface area contributed by atoms with Crippen molar-refractivity contribution in [2.45, 2.75) is 13.8 Å². The maximum Gasteiger partial charge on any atom is 0.320 e. The number of amides is 2. The van der Waals surface area contributed by atoms with E-state index in [0.717, 1.165) is 39.1 Å². The van der Waals surface area contributed by atoms with Crippen LogP contribution in [-0.2, 0) is 0 Å². The number of pyridine rings is 3. The molecule has 0 bridgehead atoms. The minimum absolute atomic E-state index is 0.284. The van der Waals surface area contributed by atoms with Gasteiger partial charge in [0, 0.05) is 41.9 Å². The topological polar surface area (TPSA) is 91.8 Å². The standard InChI is InChI=1S/C23H22N6O/c1-3-25-23(30)29-22-13-18-17(16-9-11-24-12-10-16)7-8-20(19(18)14-26-22)28-21-6-4-5-15(2)27-21/h4-14H,3H2,1-2H3,(H,27,28)(H2,25,26,29,30). The van der Waals surface area contributed by atoms with E-state index in [9.17, 15) is 4.79 Å². The van der Waals surface area contributed by atoms with Crippen LogP contribution in [0.5, 0.6) is 0 Å². The van der Waals surface area contributed by atoms with Crippen molar-refractivity contribution < 1.29 is 4.79 Å². The van der Waals surface area contributed by atoms with Gasteiger partial charge in [-0.15, -0.1) is 0 Å². The Morgan fingerprint density at radius 1 is 1.00 bits per heavy atom. The van der Waals surface area contributed by atoms with Crippen LogP contribution in [0.1, 0.15) is 12.6 Å². The molecule has 0 spiro atoms. The molecule has 0 radical (unpaired) electrons. The van der Waals surface area contributed by atoms with E-state index in [4.69, 9.17) is 0 Å². The van der Waals surface area contributed by atoms with Gasteiger partial charge in [-0.3, -0.25) is 10.3 Å². The summed E-state index contributed by atoms with van der Waals surface area (Å²) >= 11 is 0. The highest BCUT2D eigenvalue weighted by atomic mass is 16.2. The first-order chi connectivity index (χ1) is 14.6. The Balaban J connectivity index is 1.81.